The Morgan fingerprint density at radius 3 is 2.49 bits per heavy atom. The second kappa shape index (κ2) is 10.8. The summed E-state index contributed by atoms with van der Waals surface area (Å²) in [5.41, 5.74) is 6.96. The van der Waals surface area contributed by atoms with Crippen LogP contribution in [-0.2, 0) is 12.8 Å². The zero-order valence-electron chi connectivity index (χ0n) is 18.8. The van der Waals surface area contributed by atoms with Crippen molar-refractivity contribution in [2.24, 2.45) is 0 Å². The first-order valence-electron chi connectivity index (χ1n) is 10.4. The Bertz CT molecular complexity index is 1290. The monoisotopic (exact) mass is 494 g/mol. The van der Waals surface area contributed by atoms with Crippen molar-refractivity contribution in [2.45, 2.75) is 32.0 Å². The number of carboxylic acid groups (broad SMARTS) is 1. The molecule has 0 fully saturated rings. The summed E-state index contributed by atoms with van der Waals surface area (Å²) in [6.45, 7) is -0.228. The molecule has 35 heavy (non-hydrogen) atoms. The Labute approximate surface area is 220 Å². The number of ether oxygens (including phenoxy) is 1. The number of halogens is 4. The molecular formula is C25H19F4N2NaO3. The molecule has 0 saturated heterocycles. The molecule has 0 aliphatic heterocycles. The molecule has 4 rings (SSSR count). The second-order valence-electron chi connectivity index (χ2n) is 7.90. The van der Waals surface area contributed by atoms with Gasteiger partial charge in [0.05, 0.1) is 11.5 Å². The standard InChI is InChI=1S/C25H20F4N2O3.Na/c26-22-7-2-1-4-14(22)13-34-23-21(11-17(12-31-23)25(27,28)29)20-6-3-5-19(20)15-8-16(24(32)33)10-18(30)9-15;/h1-2,4,7-12H,3,5-6,13,30H2,(H,32,33);/q;+1/p-1. The second-order valence-corrected chi connectivity index (χ2v) is 7.90. The van der Waals surface area contributed by atoms with Gasteiger partial charge < -0.3 is 20.4 Å². The molecule has 0 radical (unpaired) electrons. The van der Waals surface area contributed by atoms with Crippen molar-refractivity contribution >= 4 is 22.8 Å². The molecule has 2 aromatic carbocycles. The molecule has 0 spiro atoms. The number of nitrogens with two attached hydrogens (primary N) is 1. The maximum Gasteiger partial charge on any atom is 1.00 e. The van der Waals surface area contributed by atoms with Crippen LogP contribution in [0.1, 0.15) is 51.9 Å². The first-order chi connectivity index (χ1) is 16.1. The van der Waals surface area contributed by atoms with Gasteiger partial charge in [0.25, 0.3) is 0 Å². The van der Waals surface area contributed by atoms with E-state index in [0.717, 1.165) is 6.07 Å². The zero-order valence-corrected chi connectivity index (χ0v) is 20.8. The summed E-state index contributed by atoms with van der Waals surface area (Å²) < 4.78 is 60.1. The largest absolute Gasteiger partial charge is 1.00 e. The molecule has 0 bridgehead atoms. The van der Waals surface area contributed by atoms with E-state index in [0.29, 0.717) is 42.2 Å². The smallest absolute Gasteiger partial charge is 0.545 e. The number of carbonyl (C=O) groups excluding carboxylic acids is 1. The molecule has 10 heteroatoms. The van der Waals surface area contributed by atoms with E-state index in [1.807, 2.05) is 0 Å². The van der Waals surface area contributed by atoms with Crippen molar-refractivity contribution in [3.05, 3.63) is 88.4 Å². The summed E-state index contributed by atoms with van der Waals surface area (Å²) in [6.07, 6.45) is -2.42. The van der Waals surface area contributed by atoms with Crippen LogP contribution in [0.15, 0.2) is 54.7 Å². The number of aromatic nitrogens is 1. The Morgan fingerprint density at radius 2 is 1.80 bits per heavy atom. The van der Waals surface area contributed by atoms with Gasteiger partial charge in [-0.1, -0.05) is 18.2 Å². The fraction of sp³-hybridized carbons (Fsp3) is 0.200. The Kier molecular flexibility index (Phi) is 8.25. The number of alkyl halides is 3. The van der Waals surface area contributed by atoms with Crippen LogP contribution < -0.4 is 45.1 Å². The van der Waals surface area contributed by atoms with E-state index in [4.69, 9.17) is 10.5 Å². The van der Waals surface area contributed by atoms with Gasteiger partial charge in [0.15, 0.2) is 0 Å². The number of carboxylic acids is 1. The predicted octanol–water partition coefficient (Wildman–Crippen LogP) is 1.86. The molecule has 1 aromatic heterocycles. The SMILES string of the molecule is Nc1cc(C(=O)[O-])cc(C2=C(c3cc(C(F)(F)F)cnc3OCc3ccccc3F)CCC2)c1.[Na+]. The van der Waals surface area contributed by atoms with Gasteiger partial charge in [-0.2, -0.15) is 13.2 Å². The van der Waals surface area contributed by atoms with Crippen LogP contribution in [0.4, 0.5) is 23.2 Å². The topological polar surface area (TPSA) is 88.3 Å². The van der Waals surface area contributed by atoms with E-state index in [9.17, 15) is 27.5 Å². The minimum atomic E-state index is -4.63. The quantitative estimate of drug-likeness (QED) is 0.321. The van der Waals surface area contributed by atoms with E-state index in [1.165, 1.54) is 30.3 Å². The van der Waals surface area contributed by atoms with Gasteiger partial charge in [-0.15, -0.1) is 0 Å². The number of nitrogens with zero attached hydrogens (tertiary/aromatic N) is 1. The molecule has 3 aromatic rings. The number of benzene rings is 2. The fourth-order valence-electron chi connectivity index (χ4n) is 4.00. The first kappa shape index (κ1) is 26.7. The molecule has 0 atom stereocenters. The van der Waals surface area contributed by atoms with Crippen molar-refractivity contribution in [3.63, 3.8) is 0 Å². The zero-order chi connectivity index (χ0) is 24.5. The third-order valence-corrected chi connectivity index (χ3v) is 5.58. The summed E-state index contributed by atoms with van der Waals surface area (Å²) in [7, 11) is 0. The van der Waals surface area contributed by atoms with Gasteiger partial charge in [0.1, 0.15) is 12.4 Å². The van der Waals surface area contributed by atoms with Crippen molar-refractivity contribution in [1.82, 2.24) is 4.98 Å². The molecule has 0 amide bonds. The Hall–Kier alpha value is -2.88. The Balaban J connectivity index is 0.00000342. The number of pyridine rings is 1. The van der Waals surface area contributed by atoms with Crippen molar-refractivity contribution in [3.8, 4) is 5.88 Å². The van der Waals surface area contributed by atoms with Crippen LogP contribution in [0.2, 0.25) is 0 Å². The van der Waals surface area contributed by atoms with Crippen LogP contribution in [-0.4, -0.2) is 11.0 Å². The van der Waals surface area contributed by atoms with Gasteiger partial charge in [0, 0.05) is 23.0 Å². The Morgan fingerprint density at radius 1 is 1.09 bits per heavy atom. The molecule has 1 heterocycles. The van der Waals surface area contributed by atoms with Crippen LogP contribution >= 0.6 is 0 Å². The third-order valence-electron chi connectivity index (χ3n) is 5.58. The summed E-state index contributed by atoms with van der Waals surface area (Å²) >= 11 is 0. The average molecular weight is 494 g/mol. The van der Waals surface area contributed by atoms with E-state index in [-0.39, 0.29) is 64.4 Å². The first-order valence-corrected chi connectivity index (χ1v) is 10.4. The van der Waals surface area contributed by atoms with Crippen molar-refractivity contribution in [1.29, 1.82) is 0 Å². The summed E-state index contributed by atoms with van der Waals surface area (Å²) in [4.78, 5) is 15.3. The minimum Gasteiger partial charge on any atom is -0.545 e. The molecule has 1 aliphatic rings. The number of nitrogen functional groups attached to an aromatic ring is 1. The third kappa shape index (κ3) is 6.04. The summed E-state index contributed by atoms with van der Waals surface area (Å²) in [5.74, 6) is -2.00. The number of hydrogen-bond acceptors (Lipinski definition) is 5. The molecule has 1 aliphatic carbocycles. The number of carbonyl (C=O) groups is 1. The average Bonchev–Trinajstić information content (AvgIpc) is 3.27. The van der Waals surface area contributed by atoms with Crippen molar-refractivity contribution < 1.29 is 61.8 Å². The van der Waals surface area contributed by atoms with Crippen LogP contribution in [0.25, 0.3) is 11.1 Å². The minimum absolute atomic E-state index is 0. The maximum atomic E-state index is 14.0. The van der Waals surface area contributed by atoms with Gasteiger partial charge in [0.2, 0.25) is 5.88 Å². The molecule has 176 valence electrons. The van der Waals surface area contributed by atoms with Gasteiger partial charge in [-0.05, 0) is 71.9 Å². The van der Waals surface area contributed by atoms with Crippen LogP contribution in [0.3, 0.4) is 0 Å². The molecule has 2 N–H and O–H groups in total. The van der Waals surface area contributed by atoms with Gasteiger partial charge in [-0.25, -0.2) is 9.37 Å². The van der Waals surface area contributed by atoms with Crippen LogP contribution in [0.5, 0.6) is 5.88 Å². The summed E-state index contributed by atoms with van der Waals surface area (Å²) in [5, 5.41) is 11.4. The van der Waals surface area contributed by atoms with Crippen LogP contribution in [0, 0.1) is 5.82 Å². The molecule has 0 unspecified atom stereocenters. The molecule has 0 saturated carbocycles. The fourth-order valence-corrected chi connectivity index (χ4v) is 4.00. The van der Waals surface area contributed by atoms with E-state index < -0.39 is 23.5 Å². The van der Waals surface area contributed by atoms with Crippen molar-refractivity contribution in [2.75, 3.05) is 5.73 Å². The van der Waals surface area contributed by atoms with E-state index >= 15 is 0 Å². The number of allylic oxidation sites excluding steroid dienone is 2. The number of anilines is 1. The molecular weight excluding hydrogens is 475 g/mol. The number of hydrogen-bond donors (Lipinski definition) is 1. The summed E-state index contributed by atoms with van der Waals surface area (Å²) in [6, 6.07) is 11.1. The van der Waals surface area contributed by atoms with E-state index in [2.05, 4.69) is 4.98 Å². The van der Waals surface area contributed by atoms with E-state index in [1.54, 1.807) is 12.1 Å². The number of rotatable bonds is 6. The predicted molar refractivity (Wildman–Crippen MR) is 116 cm³/mol. The van der Waals surface area contributed by atoms with Gasteiger partial charge in [-0.3, -0.25) is 0 Å². The molecule has 5 nitrogen and oxygen atoms in total. The normalized spacial score (nSPS) is 13.5. The number of aromatic carboxylic acids is 1. The van der Waals surface area contributed by atoms with Gasteiger partial charge >= 0.3 is 35.7 Å². The maximum absolute atomic E-state index is 14.0.